The molecule has 0 amide bonds. The van der Waals surface area contributed by atoms with E-state index in [9.17, 15) is 8.78 Å². The fourth-order valence-corrected chi connectivity index (χ4v) is 1.04. The molecule has 0 aliphatic heterocycles. The zero-order valence-corrected chi connectivity index (χ0v) is 8.43. The van der Waals surface area contributed by atoms with Crippen LogP contribution >= 0.6 is 0 Å². The highest BCUT2D eigenvalue weighted by Gasteiger charge is 2.08. The highest BCUT2D eigenvalue weighted by molar-refractivity contribution is 5.44. The predicted octanol–water partition coefficient (Wildman–Crippen LogP) is 1.96. The van der Waals surface area contributed by atoms with Gasteiger partial charge in [0, 0.05) is 32.3 Å². The second kappa shape index (κ2) is 5.50. The van der Waals surface area contributed by atoms with Crippen molar-refractivity contribution < 1.29 is 18.3 Å². The van der Waals surface area contributed by atoms with Crippen LogP contribution in [0.3, 0.4) is 0 Å². The molecule has 0 heterocycles. The van der Waals surface area contributed by atoms with Crippen LogP contribution < -0.4 is 10.5 Å². The first-order valence-electron chi connectivity index (χ1n) is 4.51. The molecule has 0 aliphatic rings. The first kappa shape index (κ1) is 11.7. The minimum absolute atomic E-state index is 0.127. The van der Waals surface area contributed by atoms with Gasteiger partial charge in [-0.3, -0.25) is 0 Å². The predicted molar refractivity (Wildman–Crippen MR) is 52.8 cm³/mol. The van der Waals surface area contributed by atoms with E-state index in [0.717, 1.165) is 12.1 Å². The topological polar surface area (TPSA) is 44.5 Å². The molecule has 0 atom stereocenters. The van der Waals surface area contributed by atoms with Gasteiger partial charge in [0.25, 0.3) is 0 Å². The Bertz CT molecular complexity index is 331. The molecular formula is C10H13F2NO2. The van der Waals surface area contributed by atoms with Gasteiger partial charge < -0.3 is 15.2 Å². The average molecular weight is 217 g/mol. The van der Waals surface area contributed by atoms with E-state index in [0.29, 0.717) is 13.0 Å². The van der Waals surface area contributed by atoms with Crippen molar-refractivity contribution in [3.63, 3.8) is 0 Å². The summed E-state index contributed by atoms with van der Waals surface area (Å²) in [7, 11) is 1.56. The molecule has 1 aromatic rings. The number of ether oxygens (including phenoxy) is 2. The maximum atomic E-state index is 13.1. The summed E-state index contributed by atoms with van der Waals surface area (Å²) < 4.78 is 35.9. The summed E-state index contributed by atoms with van der Waals surface area (Å²) in [5.41, 5.74) is 4.95. The lowest BCUT2D eigenvalue weighted by molar-refractivity contribution is 0.170. The zero-order chi connectivity index (χ0) is 11.3. The third kappa shape index (κ3) is 3.36. The Hall–Kier alpha value is -1.36. The van der Waals surface area contributed by atoms with Crippen LogP contribution in [0.25, 0.3) is 0 Å². The fourth-order valence-electron chi connectivity index (χ4n) is 1.04. The first-order chi connectivity index (χ1) is 7.15. The molecule has 0 unspecified atom stereocenters. The molecule has 84 valence electrons. The summed E-state index contributed by atoms with van der Waals surface area (Å²) in [6.07, 6.45) is 0.613. The summed E-state index contributed by atoms with van der Waals surface area (Å²) in [6.45, 7) is 0.785. The van der Waals surface area contributed by atoms with Gasteiger partial charge in [-0.2, -0.15) is 0 Å². The molecule has 1 rings (SSSR count). The number of anilines is 1. The molecule has 0 aliphatic carbocycles. The van der Waals surface area contributed by atoms with Crippen molar-refractivity contribution in [2.45, 2.75) is 6.42 Å². The molecular weight excluding hydrogens is 204 g/mol. The number of hydrogen-bond acceptors (Lipinski definition) is 3. The molecule has 0 saturated heterocycles. The number of nitrogens with two attached hydrogens (primary N) is 1. The molecule has 15 heavy (non-hydrogen) atoms. The smallest absolute Gasteiger partial charge is 0.167 e. The highest BCUT2D eigenvalue weighted by Crippen LogP contribution is 2.22. The van der Waals surface area contributed by atoms with Crippen LogP contribution in [0.5, 0.6) is 5.75 Å². The van der Waals surface area contributed by atoms with Crippen LogP contribution in [0, 0.1) is 11.6 Å². The number of hydrogen-bond donors (Lipinski definition) is 1. The van der Waals surface area contributed by atoms with Gasteiger partial charge in [0.05, 0.1) is 12.3 Å². The molecule has 0 fully saturated rings. The highest BCUT2D eigenvalue weighted by atomic mass is 19.1. The molecule has 0 saturated carbocycles. The van der Waals surface area contributed by atoms with Gasteiger partial charge in [0.2, 0.25) is 0 Å². The van der Waals surface area contributed by atoms with Crippen molar-refractivity contribution in [3.05, 3.63) is 23.8 Å². The van der Waals surface area contributed by atoms with E-state index in [1.165, 1.54) is 0 Å². The number of benzene rings is 1. The number of rotatable bonds is 5. The molecule has 1 aromatic carbocycles. The van der Waals surface area contributed by atoms with Gasteiger partial charge in [-0.25, -0.2) is 8.78 Å². The Morgan fingerprint density at radius 1 is 1.20 bits per heavy atom. The second-order valence-corrected chi connectivity index (χ2v) is 3.00. The largest absolute Gasteiger partial charge is 0.490 e. The molecule has 0 aromatic heterocycles. The van der Waals surface area contributed by atoms with Crippen LogP contribution in [0.15, 0.2) is 12.1 Å². The summed E-state index contributed by atoms with van der Waals surface area (Å²) in [4.78, 5) is 0. The van der Waals surface area contributed by atoms with Crippen molar-refractivity contribution in [3.8, 4) is 5.75 Å². The monoisotopic (exact) mass is 217 g/mol. The minimum atomic E-state index is -0.682. The van der Waals surface area contributed by atoms with E-state index >= 15 is 0 Å². The third-order valence-electron chi connectivity index (χ3n) is 1.80. The van der Waals surface area contributed by atoms with E-state index in [4.69, 9.17) is 15.2 Å². The van der Waals surface area contributed by atoms with Gasteiger partial charge >= 0.3 is 0 Å². The van der Waals surface area contributed by atoms with Crippen molar-refractivity contribution in [2.24, 2.45) is 0 Å². The van der Waals surface area contributed by atoms with Crippen molar-refractivity contribution in [1.82, 2.24) is 0 Å². The third-order valence-corrected chi connectivity index (χ3v) is 1.80. The van der Waals surface area contributed by atoms with E-state index < -0.39 is 11.6 Å². The average Bonchev–Trinajstić information content (AvgIpc) is 2.20. The molecule has 2 N–H and O–H groups in total. The molecule has 0 radical (unpaired) electrons. The Balaban J connectivity index is 2.57. The first-order valence-corrected chi connectivity index (χ1v) is 4.51. The van der Waals surface area contributed by atoms with Gasteiger partial charge in [0.1, 0.15) is 5.82 Å². The van der Waals surface area contributed by atoms with Crippen LogP contribution in [-0.2, 0) is 4.74 Å². The van der Waals surface area contributed by atoms with Crippen LogP contribution in [0.1, 0.15) is 6.42 Å². The number of methoxy groups -OCH3 is 1. The minimum Gasteiger partial charge on any atom is -0.490 e. The van der Waals surface area contributed by atoms with Crippen LogP contribution in [0.4, 0.5) is 14.5 Å². The van der Waals surface area contributed by atoms with Gasteiger partial charge in [-0.15, -0.1) is 0 Å². The Morgan fingerprint density at radius 3 is 2.60 bits per heavy atom. The van der Waals surface area contributed by atoms with E-state index in [-0.39, 0.29) is 18.0 Å². The van der Waals surface area contributed by atoms with Crippen LogP contribution in [0.2, 0.25) is 0 Å². The maximum absolute atomic E-state index is 13.1. The Labute approximate surface area is 86.8 Å². The lowest BCUT2D eigenvalue weighted by atomic mass is 10.3. The van der Waals surface area contributed by atoms with Crippen LogP contribution in [-0.4, -0.2) is 20.3 Å². The molecule has 3 nitrogen and oxygen atoms in total. The quantitative estimate of drug-likeness (QED) is 0.605. The number of nitrogen functional groups attached to an aromatic ring is 1. The Morgan fingerprint density at radius 2 is 1.93 bits per heavy atom. The SMILES string of the molecule is COCCCOc1cc(F)c(N)cc1F. The van der Waals surface area contributed by atoms with E-state index in [2.05, 4.69) is 0 Å². The standard InChI is InChI=1S/C10H13F2NO2/c1-14-3-2-4-15-10-6-7(11)9(13)5-8(10)12/h5-6H,2-4,13H2,1H3. The summed E-state index contributed by atoms with van der Waals surface area (Å²) in [5, 5.41) is 0. The lowest BCUT2D eigenvalue weighted by Crippen LogP contribution is -2.04. The van der Waals surface area contributed by atoms with E-state index in [1.807, 2.05) is 0 Å². The summed E-state index contributed by atoms with van der Waals surface area (Å²) >= 11 is 0. The number of halogens is 2. The van der Waals surface area contributed by atoms with Gasteiger partial charge in [0.15, 0.2) is 11.6 Å². The van der Waals surface area contributed by atoms with Gasteiger partial charge in [-0.1, -0.05) is 0 Å². The molecule has 0 spiro atoms. The zero-order valence-electron chi connectivity index (χ0n) is 8.43. The lowest BCUT2D eigenvalue weighted by Gasteiger charge is -2.07. The normalized spacial score (nSPS) is 10.3. The summed E-state index contributed by atoms with van der Waals surface area (Å²) in [6, 6.07) is 1.85. The molecule has 5 heteroatoms. The fraction of sp³-hybridized carbons (Fsp3) is 0.400. The Kier molecular flexibility index (Phi) is 4.30. The van der Waals surface area contributed by atoms with Crippen molar-refractivity contribution >= 4 is 5.69 Å². The summed E-state index contributed by atoms with van der Waals surface area (Å²) in [5.74, 6) is -1.47. The second-order valence-electron chi connectivity index (χ2n) is 3.00. The molecule has 0 bridgehead atoms. The van der Waals surface area contributed by atoms with E-state index in [1.54, 1.807) is 7.11 Å². The van der Waals surface area contributed by atoms with Crippen molar-refractivity contribution in [2.75, 3.05) is 26.1 Å². The van der Waals surface area contributed by atoms with Gasteiger partial charge in [-0.05, 0) is 0 Å². The van der Waals surface area contributed by atoms with Crippen molar-refractivity contribution in [1.29, 1.82) is 0 Å². The maximum Gasteiger partial charge on any atom is 0.167 e.